The zero-order chi connectivity index (χ0) is 5.86. The predicted octanol–water partition coefficient (Wildman–Crippen LogP) is 1.68. The molecule has 0 aromatic rings. The van der Waals surface area contributed by atoms with Crippen molar-refractivity contribution in [2.24, 2.45) is 0 Å². The highest BCUT2D eigenvalue weighted by atomic mass is 32.1. The molecule has 0 aliphatic heterocycles. The summed E-state index contributed by atoms with van der Waals surface area (Å²) in [5.41, 5.74) is 0.648. The van der Waals surface area contributed by atoms with Crippen molar-refractivity contribution in [2.45, 2.75) is 13.8 Å². The highest BCUT2D eigenvalue weighted by Crippen LogP contribution is 1.95. The Bertz CT molecular complexity index is 105. The highest BCUT2D eigenvalue weighted by Gasteiger charge is 1.92. The third kappa shape index (κ3) is 2.34. The molecule has 0 aliphatic rings. The average Bonchev–Trinajstić information content (AvgIpc) is 1.65. The molecule has 0 atom stereocenters. The Morgan fingerprint density at radius 3 is 2.14 bits per heavy atom. The predicted molar refractivity (Wildman–Crippen MR) is 32.0 cm³/mol. The van der Waals surface area contributed by atoms with Crippen molar-refractivity contribution in [1.82, 2.24) is 0 Å². The van der Waals surface area contributed by atoms with Crippen molar-refractivity contribution in [3.63, 3.8) is 0 Å². The number of allylic oxidation sites excluding steroid dienone is 1. The molecule has 7 heavy (non-hydrogen) atoms. The normalized spacial score (nSPS) is 11.4. The van der Waals surface area contributed by atoms with E-state index in [0.29, 0.717) is 5.57 Å². The second-order valence-electron chi connectivity index (χ2n) is 1.26. The number of carbonyl (C=O) groups excluding carboxylic acids is 1. The first-order valence-corrected chi connectivity index (χ1v) is 2.43. The molecule has 0 bridgehead atoms. The van der Waals surface area contributed by atoms with Gasteiger partial charge in [-0.3, -0.25) is 4.79 Å². The summed E-state index contributed by atoms with van der Waals surface area (Å²) in [6.07, 6.45) is 1.70. The van der Waals surface area contributed by atoms with E-state index in [-0.39, 0.29) is 5.12 Å². The summed E-state index contributed by atoms with van der Waals surface area (Å²) in [6.45, 7) is 3.49. The van der Waals surface area contributed by atoms with Gasteiger partial charge in [-0.2, -0.15) is 0 Å². The van der Waals surface area contributed by atoms with Crippen LogP contribution in [0.4, 0.5) is 0 Å². The molecule has 39 valence electrons. The van der Waals surface area contributed by atoms with Crippen LogP contribution in [-0.4, -0.2) is 5.12 Å². The molecule has 0 saturated carbocycles. The summed E-state index contributed by atoms with van der Waals surface area (Å²) in [4.78, 5) is 10.1. The molecule has 0 spiro atoms. The van der Waals surface area contributed by atoms with Gasteiger partial charge >= 0.3 is 0 Å². The van der Waals surface area contributed by atoms with Crippen molar-refractivity contribution in [1.29, 1.82) is 0 Å². The molecule has 1 nitrogen and oxygen atoms in total. The summed E-state index contributed by atoms with van der Waals surface area (Å²) in [5.74, 6) is 0. The van der Waals surface area contributed by atoms with Gasteiger partial charge in [-0.25, -0.2) is 0 Å². The highest BCUT2D eigenvalue weighted by molar-refractivity contribution is 7.97. The summed E-state index contributed by atoms with van der Waals surface area (Å²) < 4.78 is 0. The molecule has 0 saturated heterocycles. The van der Waals surface area contributed by atoms with Gasteiger partial charge in [0, 0.05) is 5.57 Å². The second-order valence-corrected chi connectivity index (χ2v) is 1.63. The number of hydrogen-bond acceptors (Lipinski definition) is 1. The second kappa shape index (κ2) is 2.75. The largest absolute Gasteiger partial charge is 0.277 e. The molecular formula is C5H7OS. The fraction of sp³-hybridized carbons (Fsp3) is 0.400. The maximum absolute atomic E-state index is 10.1. The van der Waals surface area contributed by atoms with Gasteiger partial charge in [0.2, 0.25) is 5.12 Å². The lowest BCUT2D eigenvalue weighted by Gasteiger charge is -1.82. The molecule has 1 radical (unpaired) electrons. The Kier molecular flexibility index (Phi) is 2.60. The van der Waals surface area contributed by atoms with E-state index in [0.717, 1.165) is 0 Å². The van der Waals surface area contributed by atoms with Gasteiger partial charge in [0.05, 0.1) is 0 Å². The van der Waals surface area contributed by atoms with Gasteiger partial charge in [-0.05, 0) is 26.5 Å². The monoisotopic (exact) mass is 115 g/mol. The summed E-state index contributed by atoms with van der Waals surface area (Å²) >= 11 is 4.29. The van der Waals surface area contributed by atoms with Gasteiger partial charge in [-0.15, -0.1) is 0 Å². The minimum absolute atomic E-state index is 0.262. The smallest absolute Gasteiger partial charge is 0.244 e. The number of carbonyl (C=O) groups is 1. The van der Waals surface area contributed by atoms with E-state index in [1.54, 1.807) is 19.9 Å². The number of hydrogen-bond donors (Lipinski definition) is 0. The van der Waals surface area contributed by atoms with E-state index in [2.05, 4.69) is 12.6 Å². The zero-order valence-corrected chi connectivity index (χ0v) is 5.21. The lowest BCUT2D eigenvalue weighted by atomic mass is 10.3. The van der Waals surface area contributed by atoms with E-state index in [9.17, 15) is 4.79 Å². The third-order valence-electron chi connectivity index (χ3n) is 0.755. The van der Waals surface area contributed by atoms with Gasteiger partial charge in [0.15, 0.2) is 0 Å². The lowest BCUT2D eigenvalue weighted by Crippen LogP contribution is -1.84. The number of rotatable bonds is 1. The van der Waals surface area contributed by atoms with Crippen LogP contribution in [0.15, 0.2) is 11.6 Å². The molecule has 0 aromatic carbocycles. The Labute approximate surface area is 48.8 Å². The average molecular weight is 115 g/mol. The Morgan fingerprint density at radius 2 is 2.14 bits per heavy atom. The van der Waals surface area contributed by atoms with Crippen LogP contribution >= 0.6 is 12.6 Å². The summed E-state index contributed by atoms with van der Waals surface area (Å²) in [6, 6.07) is 0. The van der Waals surface area contributed by atoms with Crippen LogP contribution in [-0.2, 0) is 4.79 Å². The first-order valence-electron chi connectivity index (χ1n) is 2.02. The van der Waals surface area contributed by atoms with Crippen molar-refractivity contribution >= 4 is 17.7 Å². The van der Waals surface area contributed by atoms with E-state index < -0.39 is 0 Å². The van der Waals surface area contributed by atoms with Crippen molar-refractivity contribution in [3.05, 3.63) is 11.6 Å². The standard InChI is InChI=1S/C5H7OS/c1-3-4(2)5(6)7/h3H,1-2H3/b4-3-. The van der Waals surface area contributed by atoms with Crippen molar-refractivity contribution < 1.29 is 4.79 Å². The maximum Gasteiger partial charge on any atom is 0.244 e. The molecular weight excluding hydrogens is 108 g/mol. The van der Waals surface area contributed by atoms with Gasteiger partial charge < -0.3 is 0 Å². The zero-order valence-electron chi connectivity index (χ0n) is 4.39. The first-order chi connectivity index (χ1) is 3.18. The minimum Gasteiger partial charge on any atom is -0.277 e. The SMILES string of the molecule is C/C=C(/C)C(=O)[S]. The molecule has 0 aromatic heterocycles. The molecule has 0 N–H and O–H groups in total. The molecule has 0 unspecified atom stereocenters. The van der Waals surface area contributed by atoms with E-state index in [1.165, 1.54) is 0 Å². The van der Waals surface area contributed by atoms with Crippen LogP contribution in [0.2, 0.25) is 0 Å². The minimum atomic E-state index is -0.262. The molecule has 0 rings (SSSR count). The van der Waals surface area contributed by atoms with Gasteiger partial charge in [0.1, 0.15) is 0 Å². The molecule has 2 heteroatoms. The molecule has 0 aliphatic carbocycles. The molecule has 0 fully saturated rings. The molecule has 0 heterocycles. The quantitative estimate of drug-likeness (QED) is 0.475. The van der Waals surface area contributed by atoms with E-state index in [1.807, 2.05) is 0 Å². The topological polar surface area (TPSA) is 17.1 Å². The molecule has 0 amide bonds. The Morgan fingerprint density at radius 1 is 1.71 bits per heavy atom. The van der Waals surface area contributed by atoms with Crippen LogP contribution in [0.1, 0.15) is 13.8 Å². The van der Waals surface area contributed by atoms with E-state index in [4.69, 9.17) is 0 Å². The van der Waals surface area contributed by atoms with Crippen LogP contribution in [0.5, 0.6) is 0 Å². The summed E-state index contributed by atoms with van der Waals surface area (Å²) in [5, 5.41) is -0.262. The van der Waals surface area contributed by atoms with E-state index >= 15 is 0 Å². The van der Waals surface area contributed by atoms with Gasteiger partial charge in [-0.1, -0.05) is 6.08 Å². The van der Waals surface area contributed by atoms with Crippen LogP contribution in [0, 0.1) is 0 Å². The Hall–Kier alpha value is -0.370. The van der Waals surface area contributed by atoms with Gasteiger partial charge in [0.25, 0.3) is 0 Å². The van der Waals surface area contributed by atoms with Crippen LogP contribution in [0.25, 0.3) is 0 Å². The fourth-order valence-electron chi connectivity index (χ4n) is 0.118. The fourth-order valence-corrected chi connectivity index (χ4v) is 0.236. The summed E-state index contributed by atoms with van der Waals surface area (Å²) in [7, 11) is 0. The first kappa shape index (κ1) is 6.63. The lowest BCUT2D eigenvalue weighted by molar-refractivity contribution is -0.107. The van der Waals surface area contributed by atoms with Crippen LogP contribution in [0.3, 0.4) is 0 Å². The van der Waals surface area contributed by atoms with Crippen molar-refractivity contribution in [3.8, 4) is 0 Å². The van der Waals surface area contributed by atoms with Crippen LogP contribution < -0.4 is 0 Å². The Balaban J connectivity index is 3.82. The maximum atomic E-state index is 10.1. The van der Waals surface area contributed by atoms with Crippen molar-refractivity contribution in [2.75, 3.05) is 0 Å². The third-order valence-corrected chi connectivity index (χ3v) is 1.08.